The minimum atomic E-state index is -0.759. The average Bonchev–Trinajstić information content (AvgIpc) is 2.90. The molecule has 0 unspecified atom stereocenters. The van der Waals surface area contributed by atoms with Crippen molar-refractivity contribution < 1.29 is 18.8 Å². The molecule has 0 aromatic heterocycles. The van der Waals surface area contributed by atoms with E-state index in [1.807, 2.05) is 12.1 Å². The molecular formula is C30H20BrFN2O3. The molecule has 5 rings (SSSR count). The van der Waals surface area contributed by atoms with Crippen molar-refractivity contribution >= 4 is 51.2 Å². The van der Waals surface area contributed by atoms with Crippen LogP contribution in [0.5, 0.6) is 0 Å². The number of carbonyl (C=O) groups is 3. The third-order valence-electron chi connectivity index (χ3n) is 6.02. The second kappa shape index (κ2) is 10.3. The Morgan fingerprint density at radius 3 is 1.78 bits per heavy atom. The van der Waals surface area contributed by atoms with Crippen LogP contribution in [-0.2, 0) is 16.0 Å². The second-order valence-electron chi connectivity index (χ2n) is 8.40. The van der Waals surface area contributed by atoms with E-state index < -0.39 is 17.8 Å². The van der Waals surface area contributed by atoms with Gasteiger partial charge in [-0.2, -0.15) is 0 Å². The molecule has 0 spiro atoms. The number of anilines is 2. The maximum absolute atomic E-state index is 14.4. The van der Waals surface area contributed by atoms with Gasteiger partial charge in [-0.25, -0.2) is 19.0 Å². The molecule has 1 saturated heterocycles. The molecule has 182 valence electrons. The fraction of sp³-hybridized carbons (Fsp3) is 0.0333. The van der Waals surface area contributed by atoms with Gasteiger partial charge in [0.05, 0.1) is 11.4 Å². The molecule has 4 aromatic rings. The molecule has 0 radical (unpaired) electrons. The lowest BCUT2D eigenvalue weighted by molar-refractivity contribution is -0.121. The maximum atomic E-state index is 14.4. The van der Waals surface area contributed by atoms with E-state index in [0.29, 0.717) is 22.5 Å². The van der Waals surface area contributed by atoms with Crippen LogP contribution in [0, 0.1) is 5.82 Å². The summed E-state index contributed by atoms with van der Waals surface area (Å²) in [6, 6.07) is 28.0. The molecule has 0 bridgehead atoms. The van der Waals surface area contributed by atoms with Crippen molar-refractivity contribution in [1.82, 2.24) is 0 Å². The number of imide groups is 2. The quantitative estimate of drug-likeness (QED) is 0.202. The molecule has 0 saturated carbocycles. The Morgan fingerprint density at radius 1 is 0.676 bits per heavy atom. The molecule has 0 atom stereocenters. The number of carbonyl (C=O) groups excluding carboxylic acids is 3. The van der Waals surface area contributed by atoms with Gasteiger partial charge in [-0.3, -0.25) is 9.59 Å². The van der Waals surface area contributed by atoms with Gasteiger partial charge >= 0.3 is 6.03 Å². The van der Waals surface area contributed by atoms with Crippen LogP contribution in [0.15, 0.2) is 113 Å². The Bertz CT molecular complexity index is 1470. The third-order valence-corrected chi connectivity index (χ3v) is 6.52. The minimum Gasteiger partial charge on any atom is -0.268 e. The summed E-state index contributed by atoms with van der Waals surface area (Å²) in [5, 5.41) is 0. The van der Waals surface area contributed by atoms with Gasteiger partial charge in [0.1, 0.15) is 11.4 Å². The molecule has 1 fully saturated rings. The van der Waals surface area contributed by atoms with Gasteiger partial charge in [-0.15, -0.1) is 0 Å². The van der Waals surface area contributed by atoms with E-state index in [2.05, 4.69) is 15.9 Å². The Hall–Kier alpha value is -4.36. The number of amides is 4. The topological polar surface area (TPSA) is 57.7 Å². The predicted molar refractivity (Wildman–Crippen MR) is 145 cm³/mol. The lowest BCUT2D eigenvalue weighted by atomic mass is 9.96. The molecule has 37 heavy (non-hydrogen) atoms. The molecule has 0 N–H and O–H groups in total. The molecule has 1 aliphatic rings. The first kappa shape index (κ1) is 24.3. The van der Waals surface area contributed by atoms with Crippen molar-refractivity contribution in [3.63, 3.8) is 0 Å². The van der Waals surface area contributed by atoms with Crippen molar-refractivity contribution in [2.75, 3.05) is 9.80 Å². The van der Waals surface area contributed by atoms with Crippen molar-refractivity contribution in [3.8, 4) is 0 Å². The number of benzene rings is 4. The number of halogens is 2. The molecule has 4 aromatic carbocycles. The number of nitrogens with zero attached hydrogens (tertiary/aromatic N) is 2. The first-order valence-corrected chi connectivity index (χ1v) is 12.3. The van der Waals surface area contributed by atoms with Gasteiger partial charge in [-0.05, 0) is 65.2 Å². The molecule has 7 heteroatoms. The van der Waals surface area contributed by atoms with E-state index >= 15 is 0 Å². The van der Waals surface area contributed by atoms with Gasteiger partial charge in [0.2, 0.25) is 0 Å². The summed E-state index contributed by atoms with van der Waals surface area (Å²) >= 11 is 3.45. The summed E-state index contributed by atoms with van der Waals surface area (Å²) in [6.45, 7) is 0. The Kier molecular flexibility index (Phi) is 6.79. The Balaban J connectivity index is 1.65. The zero-order valence-corrected chi connectivity index (χ0v) is 21.1. The van der Waals surface area contributed by atoms with E-state index in [1.165, 1.54) is 12.1 Å². The SMILES string of the molecule is O=C1C(=Cc2cc(Br)ccc2Cc2ccccc2F)C(=O)N(c2ccccc2)C(=O)N1c1ccccc1. The smallest absolute Gasteiger partial charge is 0.268 e. The standard InChI is InChI=1S/C30H20BrFN2O3/c31-23-16-15-20(17-21-9-7-8-14-27(21)32)22(18-23)19-26-28(35)33(24-10-3-1-4-11-24)30(37)34(29(26)36)25-12-5-2-6-13-25/h1-16,18-19H,17H2. The van der Waals surface area contributed by atoms with E-state index in [-0.39, 0.29) is 17.8 Å². The summed E-state index contributed by atoms with van der Waals surface area (Å²) in [6.07, 6.45) is 1.73. The number of rotatable bonds is 5. The van der Waals surface area contributed by atoms with Crippen LogP contribution in [0.25, 0.3) is 6.08 Å². The van der Waals surface area contributed by atoms with Crippen LogP contribution in [0.3, 0.4) is 0 Å². The highest BCUT2D eigenvalue weighted by atomic mass is 79.9. The lowest BCUT2D eigenvalue weighted by Crippen LogP contribution is -2.57. The predicted octanol–water partition coefficient (Wildman–Crippen LogP) is 6.76. The van der Waals surface area contributed by atoms with Crippen LogP contribution >= 0.6 is 15.9 Å². The van der Waals surface area contributed by atoms with E-state index in [0.717, 1.165) is 19.8 Å². The largest absolute Gasteiger partial charge is 0.343 e. The first-order chi connectivity index (χ1) is 17.9. The summed E-state index contributed by atoms with van der Waals surface area (Å²) < 4.78 is 15.1. The molecule has 0 aliphatic carbocycles. The van der Waals surface area contributed by atoms with Gasteiger partial charge in [0.15, 0.2) is 0 Å². The lowest BCUT2D eigenvalue weighted by Gasteiger charge is -2.34. The van der Waals surface area contributed by atoms with E-state index in [1.54, 1.807) is 84.9 Å². The van der Waals surface area contributed by atoms with Gasteiger partial charge in [0.25, 0.3) is 11.8 Å². The van der Waals surface area contributed by atoms with Crippen LogP contribution in [0.1, 0.15) is 16.7 Å². The molecule has 1 aliphatic heterocycles. The highest BCUT2D eigenvalue weighted by Crippen LogP contribution is 2.31. The Labute approximate surface area is 221 Å². The number of para-hydroxylation sites is 2. The number of urea groups is 1. The van der Waals surface area contributed by atoms with Crippen LogP contribution in [-0.4, -0.2) is 17.8 Å². The van der Waals surface area contributed by atoms with Gasteiger partial charge in [0, 0.05) is 10.9 Å². The Morgan fingerprint density at radius 2 is 1.22 bits per heavy atom. The zero-order chi connectivity index (χ0) is 25.9. The zero-order valence-electron chi connectivity index (χ0n) is 19.5. The number of hydrogen-bond donors (Lipinski definition) is 0. The number of barbiturate groups is 1. The van der Waals surface area contributed by atoms with Gasteiger partial charge < -0.3 is 0 Å². The number of hydrogen-bond acceptors (Lipinski definition) is 3. The van der Waals surface area contributed by atoms with Crippen LogP contribution < -0.4 is 9.80 Å². The van der Waals surface area contributed by atoms with Crippen LogP contribution in [0.2, 0.25) is 0 Å². The van der Waals surface area contributed by atoms with Gasteiger partial charge in [-0.1, -0.05) is 76.6 Å². The molecule has 5 nitrogen and oxygen atoms in total. The van der Waals surface area contributed by atoms with E-state index in [9.17, 15) is 18.8 Å². The maximum Gasteiger partial charge on any atom is 0.343 e. The fourth-order valence-corrected chi connectivity index (χ4v) is 4.58. The summed E-state index contributed by atoms with van der Waals surface area (Å²) in [5.41, 5.74) is 2.27. The fourth-order valence-electron chi connectivity index (χ4n) is 4.20. The second-order valence-corrected chi connectivity index (χ2v) is 9.32. The van der Waals surface area contributed by atoms with Crippen molar-refractivity contribution in [2.45, 2.75) is 6.42 Å². The highest BCUT2D eigenvalue weighted by molar-refractivity contribution is 9.10. The molecular weight excluding hydrogens is 535 g/mol. The monoisotopic (exact) mass is 554 g/mol. The normalized spacial score (nSPS) is 13.8. The van der Waals surface area contributed by atoms with Crippen molar-refractivity contribution in [3.05, 3.63) is 136 Å². The average molecular weight is 555 g/mol. The summed E-state index contributed by atoms with van der Waals surface area (Å²) in [5.74, 6) is -1.81. The summed E-state index contributed by atoms with van der Waals surface area (Å²) in [7, 11) is 0. The minimum absolute atomic E-state index is 0.180. The first-order valence-electron chi connectivity index (χ1n) is 11.5. The molecule has 4 amide bonds. The summed E-state index contributed by atoms with van der Waals surface area (Å²) in [4.78, 5) is 42.8. The van der Waals surface area contributed by atoms with E-state index in [4.69, 9.17) is 0 Å². The van der Waals surface area contributed by atoms with Crippen molar-refractivity contribution in [1.29, 1.82) is 0 Å². The molecule has 1 heterocycles. The third kappa shape index (κ3) is 4.86. The van der Waals surface area contributed by atoms with Crippen molar-refractivity contribution in [2.24, 2.45) is 0 Å². The highest BCUT2D eigenvalue weighted by Gasteiger charge is 2.43. The van der Waals surface area contributed by atoms with Crippen LogP contribution in [0.4, 0.5) is 20.6 Å².